The zero-order valence-electron chi connectivity index (χ0n) is 19.5. The number of benzene rings is 3. The molecule has 0 saturated heterocycles. The van der Waals surface area contributed by atoms with Crippen molar-refractivity contribution in [2.24, 2.45) is 5.10 Å². The first-order chi connectivity index (χ1) is 17.7. The summed E-state index contributed by atoms with van der Waals surface area (Å²) in [5.74, 6) is 0.664. The van der Waals surface area contributed by atoms with E-state index in [4.69, 9.17) is 9.15 Å². The molecule has 0 aliphatic heterocycles. The predicted molar refractivity (Wildman–Crippen MR) is 148 cm³/mol. The smallest absolute Gasteiger partial charge is 0.312 e. The van der Waals surface area contributed by atoms with Gasteiger partial charge in [-0.25, -0.2) is 4.98 Å². The van der Waals surface area contributed by atoms with E-state index in [2.05, 4.69) is 41.9 Å². The first kappa shape index (κ1) is 24.8. The maximum absolute atomic E-state index is 13.5. The Bertz CT molecular complexity index is 1780. The van der Waals surface area contributed by atoms with Gasteiger partial charge in [0.2, 0.25) is 11.6 Å². The number of rotatable bonds is 6. The fourth-order valence-electron chi connectivity index (χ4n) is 3.80. The van der Waals surface area contributed by atoms with Gasteiger partial charge in [0, 0.05) is 21.5 Å². The highest BCUT2D eigenvalue weighted by atomic mass is 79.9. The van der Waals surface area contributed by atoms with Crippen LogP contribution in [0.2, 0.25) is 0 Å². The number of nitro benzene ring substituents is 1. The van der Waals surface area contributed by atoms with Crippen LogP contribution >= 0.6 is 31.9 Å². The van der Waals surface area contributed by atoms with Crippen LogP contribution in [0.25, 0.3) is 33.5 Å². The van der Waals surface area contributed by atoms with Gasteiger partial charge < -0.3 is 9.15 Å². The molecule has 0 amide bonds. The standard InChI is InChI=1S/C26H18Br2N4O5/c1-14(2)36-24-19(28)9-15(10-21(24)32(34)35)13-29-31-25(30-20-6-4-3-5-18(20)26(31)33)23-12-16-11-17(27)7-8-22(16)37-23/h3-14H,1-2H3. The highest BCUT2D eigenvalue weighted by Gasteiger charge is 2.21. The van der Waals surface area contributed by atoms with Gasteiger partial charge in [0.15, 0.2) is 5.76 Å². The molecule has 0 bridgehead atoms. The lowest BCUT2D eigenvalue weighted by Gasteiger charge is -2.12. The van der Waals surface area contributed by atoms with Crippen LogP contribution in [0.1, 0.15) is 19.4 Å². The fraction of sp³-hybridized carbons (Fsp3) is 0.115. The molecule has 0 unspecified atom stereocenters. The maximum atomic E-state index is 13.5. The molecule has 0 atom stereocenters. The molecule has 0 N–H and O–H groups in total. The van der Waals surface area contributed by atoms with Crippen molar-refractivity contribution >= 4 is 65.6 Å². The van der Waals surface area contributed by atoms with Gasteiger partial charge in [-0.3, -0.25) is 14.9 Å². The van der Waals surface area contributed by atoms with Gasteiger partial charge in [-0.2, -0.15) is 9.78 Å². The average Bonchev–Trinajstić information content (AvgIpc) is 3.27. The zero-order chi connectivity index (χ0) is 26.3. The molecule has 0 spiro atoms. The molecule has 0 aliphatic carbocycles. The lowest BCUT2D eigenvalue weighted by Crippen LogP contribution is -2.20. The van der Waals surface area contributed by atoms with Gasteiger partial charge in [0.1, 0.15) is 5.58 Å². The number of para-hydroxylation sites is 1. The SMILES string of the molecule is CC(C)Oc1c(Br)cc(C=Nn2c(-c3cc4cc(Br)ccc4o3)nc3ccccc3c2=O)cc1[N+](=O)[O-]. The number of nitro groups is 1. The van der Waals surface area contributed by atoms with Crippen LogP contribution in [0, 0.1) is 10.1 Å². The predicted octanol–water partition coefficient (Wildman–Crippen LogP) is 6.91. The zero-order valence-corrected chi connectivity index (χ0v) is 22.7. The first-order valence-electron chi connectivity index (χ1n) is 11.1. The molecule has 2 aromatic heterocycles. The lowest BCUT2D eigenvalue weighted by molar-refractivity contribution is -0.386. The van der Waals surface area contributed by atoms with Crippen molar-refractivity contribution in [2.45, 2.75) is 20.0 Å². The Balaban J connectivity index is 1.68. The van der Waals surface area contributed by atoms with Gasteiger partial charge in [-0.05, 0) is 72.2 Å². The van der Waals surface area contributed by atoms with E-state index in [1.165, 1.54) is 12.3 Å². The third kappa shape index (κ3) is 4.92. The van der Waals surface area contributed by atoms with Crippen LogP contribution in [0.15, 0.2) is 83.9 Å². The Labute approximate surface area is 226 Å². The van der Waals surface area contributed by atoms with Crippen molar-refractivity contribution in [3.8, 4) is 17.3 Å². The van der Waals surface area contributed by atoms with Gasteiger partial charge >= 0.3 is 5.69 Å². The average molecular weight is 626 g/mol. The van der Waals surface area contributed by atoms with Gasteiger partial charge in [0.25, 0.3) is 5.56 Å². The normalized spacial score (nSPS) is 11.7. The van der Waals surface area contributed by atoms with Crippen molar-refractivity contribution in [1.82, 2.24) is 9.66 Å². The van der Waals surface area contributed by atoms with Crippen LogP contribution < -0.4 is 10.3 Å². The Kier molecular flexibility index (Phi) is 6.65. The van der Waals surface area contributed by atoms with E-state index in [1.54, 1.807) is 50.2 Å². The van der Waals surface area contributed by atoms with E-state index in [9.17, 15) is 14.9 Å². The molecule has 9 nitrogen and oxygen atoms in total. The molecule has 0 aliphatic rings. The van der Waals surface area contributed by atoms with Crippen molar-refractivity contribution < 1.29 is 14.1 Å². The molecule has 0 fully saturated rings. The summed E-state index contributed by atoms with van der Waals surface area (Å²) in [5.41, 5.74) is 0.859. The Morgan fingerprint density at radius 1 is 1.14 bits per heavy atom. The summed E-state index contributed by atoms with van der Waals surface area (Å²) in [6, 6.07) is 17.2. The number of halogens is 2. The number of ether oxygens (including phenoxy) is 1. The highest BCUT2D eigenvalue weighted by Crippen LogP contribution is 2.37. The van der Waals surface area contributed by atoms with Crippen LogP contribution in [0.5, 0.6) is 5.75 Å². The summed E-state index contributed by atoms with van der Waals surface area (Å²) in [6.07, 6.45) is 1.10. The molecule has 186 valence electrons. The van der Waals surface area contributed by atoms with E-state index in [1.807, 2.05) is 18.2 Å². The Morgan fingerprint density at radius 3 is 2.68 bits per heavy atom. The maximum Gasteiger partial charge on any atom is 0.312 e. The van der Waals surface area contributed by atoms with Crippen molar-refractivity contribution in [2.75, 3.05) is 0 Å². The molecule has 0 radical (unpaired) electrons. The minimum absolute atomic E-state index is 0.121. The van der Waals surface area contributed by atoms with E-state index in [-0.39, 0.29) is 23.4 Å². The van der Waals surface area contributed by atoms with Crippen LogP contribution in [-0.4, -0.2) is 26.9 Å². The number of aromatic nitrogens is 2. The Hall–Kier alpha value is -3.83. The molecule has 5 aromatic rings. The molecule has 0 saturated carbocycles. The van der Waals surface area contributed by atoms with Gasteiger partial charge in [-0.1, -0.05) is 28.1 Å². The van der Waals surface area contributed by atoms with E-state index < -0.39 is 10.5 Å². The fourth-order valence-corrected chi connectivity index (χ4v) is 4.74. The highest BCUT2D eigenvalue weighted by molar-refractivity contribution is 9.10. The molecule has 3 aromatic carbocycles. The minimum Gasteiger partial charge on any atom is -0.483 e. The second-order valence-corrected chi connectivity index (χ2v) is 10.2. The molecule has 11 heteroatoms. The third-order valence-electron chi connectivity index (χ3n) is 5.37. The van der Waals surface area contributed by atoms with Crippen LogP contribution in [-0.2, 0) is 0 Å². The second kappa shape index (κ2) is 9.91. The summed E-state index contributed by atoms with van der Waals surface area (Å²) < 4.78 is 14.0. The molecule has 5 rings (SSSR count). The largest absolute Gasteiger partial charge is 0.483 e. The van der Waals surface area contributed by atoms with E-state index in [0.717, 1.165) is 14.5 Å². The number of nitrogens with zero attached hydrogens (tertiary/aromatic N) is 4. The van der Waals surface area contributed by atoms with Crippen molar-refractivity contribution in [3.05, 3.63) is 95.6 Å². The molecular formula is C26H18Br2N4O5. The second-order valence-electron chi connectivity index (χ2n) is 8.38. The molecule has 37 heavy (non-hydrogen) atoms. The topological polar surface area (TPSA) is 113 Å². The summed E-state index contributed by atoms with van der Waals surface area (Å²) in [7, 11) is 0. The molecule has 2 heterocycles. The monoisotopic (exact) mass is 624 g/mol. The quantitative estimate of drug-likeness (QED) is 0.115. The summed E-state index contributed by atoms with van der Waals surface area (Å²) >= 11 is 6.80. The van der Waals surface area contributed by atoms with E-state index >= 15 is 0 Å². The molecular weight excluding hydrogens is 608 g/mol. The van der Waals surface area contributed by atoms with E-state index in [0.29, 0.717) is 32.3 Å². The van der Waals surface area contributed by atoms with Crippen molar-refractivity contribution in [3.63, 3.8) is 0 Å². The van der Waals surface area contributed by atoms with Crippen LogP contribution in [0.4, 0.5) is 5.69 Å². The number of furan rings is 1. The van der Waals surface area contributed by atoms with Crippen molar-refractivity contribution in [1.29, 1.82) is 0 Å². The lowest BCUT2D eigenvalue weighted by atomic mass is 10.2. The summed E-state index contributed by atoms with van der Waals surface area (Å²) in [5, 5.41) is 17.3. The summed E-state index contributed by atoms with van der Waals surface area (Å²) in [6.45, 7) is 3.56. The van der Waals surface area contributed by atoms with Gasteiger partial charge in [-0.15, -0.1) is 0 Å². The first-order valence-corrected chi connectivity index (χ1v) is 12.7. The summed E-state index contributed by atoms with van der Waals surface area (Å²) in [4.78, 5) is 29.3. The number of fused-ring (bicyclic) bond motifs is 2. The minimum atomic E-state index is -0.526. The number of hydrogen-bond donors (Lipinski definition) is 0. The Morgan fingerprint density at radius 2 is 1.92 bits per heavy atom. The number of hydrogen-bond acceptors (Lipinski definition) is 7. The third-order valence-corrected chi connectivity index (χ3v) is 6.45. The van der Waals surface area contributed by atoms with Crippen LogP contribution in [0.3, 0.4) is 0 Å². The van der Waals surface area contributed by atoms with Gasteiger partial charge in [0.05, 0.1) is 32.6 Å².